The van der Waals surface area contributed by atoms with Crippen LogP contribution in [0.5, 0.6) is 0 Å². The third kappa shape index (κ3) is 2.01. The summed E-state index contributed by atoms with van der Waals surface area (Å²) in [5.74, 6) is 0. The molecule has 0 fully saturated rings. The van der Waals surface area contributed by atoms with Gasteiger partial charge in [-0.1, -0.05) is 0 Å². The van der Waals surface area contributed by atoms with Gasteiger partial charge in [0, 0.05) is 18.3 Å². The van der Waals surface area contributed by atoms with Crippen molar-refractivity contribution in [2.24, 2.45) is 0 Å². The fourth-order valence-electron chi connectivity index (χ4n) is 0.841. The molecule has 1 aromatic rings. The molecule has 1 heterocycles. The van der Waals surface area contributed by atoms with Crippen LogP contribution in [-0.2, 0) is 6.42 Å². The van der Waals surface area contributed by atoms with Crippen LogP contribution < -0.4 is 0 Å². The van der Waals surface area contributed by atoms with Crippen molar-refractivity contribution in [3.8, 4) is 0 Å². The van der Waals surface area contributed by atoms with Crippen molar-refractivity contribution in [3.05, 3.63) is 35.2 Å². The SMILES string of the molecule is [C-]#[N+]CCc1cncnc1C. The van der Waals surface area contributed by atoms with E-state index < -0.39 is 0 Å². The summed E-state index contributed by atoms with van der Waals surface area (Å²) in [5.41, 5.74) is 2.05. The number of aromatic nitrogens is 2. The van der Waals surface area contributed by atoms with Gasteiger partial charge in [-0.15, -0.1) is 0 Å². The Morgan fingerprint density at radius 1 is 1.64 bits per heavy atom. The normalized spacial score (nSPS) is 9.09. The number of hydrogen-bond acceptors (Lipinski definition) is 2. The molecule has 1 rings (SSSR count). The van der Waals surface area contributed by atoms with Crippen molar-refractivity contribution in [2.45, 2.75) is 13.3 Å². The molecule has 0 aromatic carbocycles. The van der Waals surface area contributed by atoms with Crippen LogP contribution in [0, 0.1) is 13.5 Å². The molecule has 0 saturated carbocycles. The van der Waals surface area contributed by atoms with Crippen molar-refractivity contribution in [1.29, 1.82) is 0 Å². The van der Waals surface area contributed by atoms with Crippen LogP contribution in [0.4, 0.5) is 0 Å². The monoisotopic (exact) mass is 147 g/mol. The maximum absolute atomic E-state index is 6.61. The Morgan fingerprint density at radius 3 is 3.09 bits per heavy atom. The molecule has 0 amide bonds. The molecule has 0 aliphatic rings. The van der Waals surface area contributed by atoms with Gasteiger partial charge in [0.15, 0.2) is 0 Å². The van der Waals surface area contributed by atoms with Crippen LogP contribution in [0.25, 0.3) is 4.85 Å². The van der Waals surface area contributed by atoms with E-state index in [0.29, 0.717) is 6.54 Å². The molecule has 11 heavy (non-hydrogen) atoms. The average molecular weight is 147 g/mol. The Kier molecular flexibility index (Phi) is 2.56. The fraction of sp³-hybridized carbons (Fsp3) is 0.375. The first-order valence-corrected chi connectivity index (χ1v) is 3.43. The zero-order valence-corrected chi connectivity index (χ0v) is 6.41. The molecule has 0 aliphatic carbocycles. The van der Waals surface area contributed by atoms with Gasteiger partial charge in [-0.2, -0.15) is 0 Å². The molecule has 1 aromatic heterocycles. The maximum atomic E-state index is 6.61. The van der Waals surface area contributed by atoms with E-state index in [-0.39, 0.29) is 0 Å². The smallest absolute Gasteiger partial charge is 0.218 e. The lowest BCUT2D eigenvalue weighted by Gasteiger charge is -1.97. The van der Waals surface area contributed by atoms with E-state index in [9.17, 15) is 0 Å². The Morgan fingerprint density at radius 2 is 2.45 bits per heavy atom. The second-order valence-electron chi connectivity index (χ2n) is 2.27. The van der Waals surface area contributed by atoms with E-state index in [0.717, 1.165) is 17.7 Å². The second kappa shape index (κ2) is 3.67. The van der Waals surface area contributed by atoms with Gasteiger partial charge >= 0.3 is 0 Å². The van der Waals surface area contributed by atoms with Gasteiger partial charge in [0.1, 0.15) is 6.33 Å². The minimum absolute atomic E-state index is 0.522. The Hall–Kier alpha value is -1.43. The van der Waals surface area contributed by atoms with Gasteiger partial charge in [-0.05, 0) is 12.5 Å². The molecule has 0 spiro atoms. The highest BCUT2D eigenvalue weighted by Gasteiger charge is 1.98. The predicted octanol–water partition coefficient (Wildman–Crippen LogP) is 1.25. The average Bonchev–Trinajstić information content (AvgIpc) is 2.03. The van der Waals surface area contributed by atoms with Gasteiger partial charge < -0.3 is 4.85 Å². The van der Waals surface area contributed by atoms with Crippen molar-refractivity contribution < 1.29 is 0 Å². The lowest BCUT2D eigenvalue weighted by Crippen LogP contribution is -1.95. The highest BCUT2D eigenvalue weighted by molar-refractivity contribution is 5.14. The zero-order chi connectivity index (χ0) is 8.10. The highest BCUT2D eigenvalue weighted by Crippen LogP contribution is 2.01. The van der Waals surface area contributed by atoms with Crippen LogP contribution in [0.2, 0.25) is 0 Å². The van der Waals surface area contributed by atoms with Crippen molar-refractivity contribution >= 4 is 0 Å². The van der Waals surface area contributed by atoms with E-state index >= 15 is 0 Å². The Balaban J connectivity index is 2.71. The van der Waals surface area contributed by atoms with Gasteiger partial charge in [-0.3, -0.25) is 0 Å². The quantitative estimate of drug-likeness (QED) is 0.589. The molecule has 3 nitrogen and oxygen atoms in total. The number of nitrogens with zero attached hydrogens (tertiary/aromatic N) is 3. The third-order valence-electron chi connectivity index (χ3n) is 1.51. The molecule has 0 aliphatic heterocycles. The minimum Gasteiger partial charge on any atom is -0.317 e. The maximum Gasteiger partial charge on any atom is 0.218 e. The first kappa shape index (κ1) is 7.67. The van der Waals surface area contributed by atoms with E-state index in [1.807, 2.05) is 6.92 Å². The molecular formula is C8H9N3. The van der Waals surface area contributed by atoms with Crippen molar-refractivity contribution in [2.75, 3.05) is 6.54 Å². The number of aryl methyl sites for hydroxylation is 1. The fourth-order valence-corrected chi connectivity index (χ4v) is 0.841. The molecule has 0 saturated heterocycles. The summed E-state index contributed by atoms with van der Waals surface area (Å²) < 4.78 is 0. The van der Waals surface area contributed by atoms with E-state index in [1.54, 1.807) is 6.20 Å². The van der Waals surface area contributed by atoms with Crippen molar-refractivity contribution in [1.82, 2.24) is 9.97 Å². The molecule has 0 bridgehead atoms. The van der Waals surface area contributed by atoms with Crippen LogP contribution in [0.1, 0.15) is 11.3 Å². The largest absolute Gasteiger partial charge is 0.317 e. The minimum atomic E-state index is 0.522. The molecule has 3 heteroatoms. The summed E-state index contributed by atoms with van der Waals surface area (Å²) in [5, 5.41) is 0. The molecule has 0 unspecified atom stereocenters. The van der Waals surface area contributed by atoms with Crippen LogP contribution in [0.15, 0.2) is 12.5 Å². The van der Waals surface area contributed by atoms with Crippen LogP contribution in [0.3, 0.4) is 0 Å². The molecule has 0 radical (unpaired) electrons. The lowest BCUT2D eigenvalue weighted by atomic mass is 10.2. The Bertz CT molecular complexity index is 275. The topological polar surface area (TPSA) is 30.1 Å². The third-order valence-corrected chi connectivity index (χ3v) is 1.51. The summed E-state index contributed by atoms with van der Waals surface area (Å²) >= 11 is 0. The number of rotatable bonds is 2. The Labute approximate surface area is 65.9 Å². The second-order valence-corrected chi connectivity index (χ2v) is 2.27. The van der Waals surface area contributed by atoms with Crippen LogP contribution >= 0.6 is 0 Å². The van der Waals surface area contributed by atoms with E-state index in [1.165, 1.54) is 6.33 Å². The summed E-state index contributed by atoms with van der Waals surface area (Å²) in [6.45, 7) is 9.06. The molecule has 0 atom stereocenters. The first-order valence-electron chi connectivity index (χ1n) is 3.43. The lowest BCUT2D eigenvalue weighted by molar-refractivity contribution is 0.974. The van der Waals surface area contributed by atoms with Gasteiger partial charge in [0.05, 0.1) is 0 Å². The van der Waals surface area contributed by atoms with E-state index in [4.69, 9.17) is 6.57 Å². The summed E-state index contributed by atoms with van der Waals surface area (Å²) in [7, 11) is 0. The summed E-state index contributed by atoms with van der Waals surface area (Å²) in [6.07, 6.45) is 4.06. The first-order chi connectivity index (χ1) is 5.34. The molecule has 0 N–H and O–H groups in total. The molecular weight excluding hydrogens is 138 g/mol. The summed E-state index contributed by atoms with van der Waals surface area (Å²) in [6, 6.07) is 0. The highest BCUT2D eigenvalue weighted by atomic mass is 14.8. The van der Waals surface area contributed by atoms with Crippen molar-refractivity contribution in [3.63, 3.8) is 0 Å². The van der Waals surface area contributed by atoms with Gasteiger partial charge in [0.2, 0.25) is 6.54 Å². The van der Waals surface area contributed by atoms with Gasteiger partial charge in [-0.25, -0.2) is 16.5 Å². The van der Waals surface area contributed by atoms with Crippen LogP contribution in [-0.4, -0.2) is 16.5 Å². The predicted molar refractivity (Wildman–Crippen MR) is 41.9 cm³/mol. The molecule has 56 valence electrons. The summed E-state index contributed by atoms with van der Waals surface area (Å²) in [4.78, 5) is 11.2. The standard InChI is InChI=1S/C8H9N3/c1-7-8(3-4-9-2)5-10-6-11-7/h5-6H,3-4H2,1H3. The van der Waals surface area contributed by atoms with Gasteiger partial charge in [0.25, 0.3) is 0 Å². The van der Waals surface area contributed by atoms with E-state index in [2.05, 4.69) is 14.8 Å². The zero-order valence-electron chi connectivity index (χ0n) is 6.41. The number of hydrogen-bond donors (Lipinski definition) is 0.